The molecule has 2 amide bonds. The minimum Gasteiger partial charge on any atom is -0.480 e. The Labute approximate surface area is 125 Å². The minimum atomic E-state index is -1.18. The lowest BCUT2D eigenvalue weighted by molar-refractivity contribution is -0.139. The predicted molar refractivity (Wildman–Crippen MR) is 77.4 cm³/mol. The summed E-state index contributed by atoms with van der Waals surface area (Å²) in [6.07, 6.45) is -0.0323. The van der Waals surface area contributed by atoms with E-state index in [0.29, 0.717) is 0 Å². The average molecular weight is 345 g/mol. The summed E-state index contributed by atoms with van der Waals surface area (Å²) in [6.45, 7) is 1.49. The number of aliphatic hydroxyl groups excluding tert-OH is 1. The lowest BCUT2D eigenvalue weighted by Crippen LogP contribution is -2.47. The highest BCUT2D eigenvalue weighted by Gasteiger charge is 2.20. The van der Waals surface area contributed by atoms with Gasteiger partial charge in [0.05, 0.1) is 6.04 Å². The van der Waals surface area contributed by atoms with Gasteiger partial charge in [-0.1, -0.05) is 28.1 Å². The van der Waals surface area contributed by atoms with Crippen LogP contribution in [0.15, 0.2) is 28.7 Å². The van der Waals surface area contributed by atoms with Gasteiger partial charge in [-0.25, -0.2) is 9.59 Å². The first-order chi connectivity index (χ1) is 9.43. The zero-order valence-corrected chi connectivity index (χ0v) is 12.6. The predicted octanol–water partition coefficient (Wildman–Crippen LogP) is 1.64. The Morgan fingerprint density at radius 2 is 1.85 bits per heavy atom. The van der Waals surface area contributed by atoms with Gasteiger partial charge in [-0.3, -0.25) is 0 Å². The van der Waals surface area contributed by atoms with Gasteiger partial charge in [0.2, 0.25) is 0 Å². The molecule has 7 heteroatoms. The van der Waals surface area contributed by atoms with Gasteiger partial charge in [0.1, 0.15) is 6.04 Å². The van der Waals surface area contributed by atoms with E-state index >= 15 is 0 Å². The van der Waals surface area contributed by atoms with E-state index in [2.05, 4.69) is 26.6 Å². The summed E-state index contributed by atoms with van der Waals surface area (Å²) in [5, 5.41) is 22.6. The van der Waals surface area contributed by atoms with Gasteiger partial charge < -0.3 is 20.8 Å². The molecule has 0 spiro atoms. The van der Waals surface area contributed by atoms with E-state index in [4.69, 9.17) is 10.2 Å². The van der Waals surface area contributed by atoms with Crippen LogP contribution in [0.4, 0.5) is 4.79 Å². The summed E-state index contributed by atoms with van der Waals surface area (Å²) in [6, 6.07) is 5.49. The first-order valence-electron chi connectivity index (χ1n) is 6.10. The SMILES string of the molecule is CC(NC(=O)N[C@H](CCO)C(=O)O)c1ccc(Br)cc1. The largest absolute Gasteiger partial charge is 0.480 e. The normalized spacial score (nSPS) is 13.3. The van der Waals surface area contributed by atoms with Crippen LogP contribution < -0.4 is 10.6 Å². The number of nitrogens with one attached hydrogen (secondary N) is 2. The van der Waals surface area contributed by atoms with E-state index in [1.54, 1.807) is 6.92 Å². The molecule has 1 unspecified atom stereocenters. The van der Waals surface area contributed by atoms with Gasteiger partial charge in [0, 0.05) is 17.5 Å². The molecule has 6 nitrogen and oxygen atoms in total. The fraction of sp³-hybridized carbons (Fsp3) is 0.385. The number of aliphatic hydroxyl groups is 1. The molecule has 0 aromatic heterocycles. The van der Waals surface area contributed by atoms with E-state index < -0.39 is 18.0 Å². The third kappa shape index (κ3) is 5.18. The number of halogens is 1. The van der Waals surface area contributed by atoms with Crippen LogP contribution in [-0.2, 0) is 4.79 Å². The molecule has 0 saturated carbocycles. The summed E-state index contributed by atoms with van der Waals surface area (Å²) >= 11 is 3.32. The Hall–Kier alpha value is -1.60. The van der Waals surface area contributed by atoms with Gasteiger partial charge >= 0.3 is 12.0 Å². The molecule has 0 aliphatic rings. The van der Waals surface area contributed by atoms with Crippen molar-refractivity contribution in [2.45, 2.75) is 25.4 Å². The Morgan fingerprint density at radius 3 is 2.35 bits per heavy atom. The van der Waals surface area contributed by atoms with Crippen LogP contribution >= 0.6 is 15.9 Å². The second-order valence-electron chi connectivity index (χ2n) is 4.29. The molecule has 20 heavy (non-hydrogen) atoms. The van der Waals surface area contributed by atoms with E-state index in [1.165, 1.54) is 0 Å². The van der Waals surface area contributed by atoms with Gasteiger partial charge in [-0.15, -0.1) is 0 Å². The zero-order chi connectivity index (χ0) is 15.1. The maximum absolute atomic E-state index is 11.7. The Bertz CT molecular complexity index is 464. The smallest absolute Gasteiger partial charge is 0.326 e. The van der Waals surface area contributed by atoms with Crippen molar-refractivity contribution in [1.82, 2.24) is 10.6 Å². The molecule has 0 bridgehead atoms. The summed E-state index contributed by atoms with van der Waals surface area (Å²) in [7, 11) is 0. The average Bonchev–Trinajstić information content (AvgIpc) is 2.38. The molecule has 1 rings (SSSR count). The zero-order valence-electron chi connectivity index (χ0n) is 11.0. The third-order valence-electron chi connectivity index (χ3n) is 2.74. The Morgan fingerprint density at radius 1 is 1.25 bits per heavy atom. The Kier molecular flexibility index (Phi) is 6.47. The summed E-state index contributed by atoms with van der Waals surface area (Å²) in [5.74, 6) is -1.18. The van der Waals surface area contributed by atoms with Crippen LogP contribution in [0, 0.1) is 0 Å². The maximum Gasteiger partial charge on any atom is 0.326 e. The van der Waals surface area contributed by atoms with Crippen molar-refractivity contribution in [1.29, 1.82) is 0 Å². The quantitative estimate of drug-likeness (QED) is 0.630. The van der Waals surface area contributed by atoms with Crippen molar-refractivity contribution >= 4 is 27.9 Å². The van der Waals surface area contributed by atoms with Gasteiger partial charge in [-0.05, 0) is 24.6 Å². The van der Waals surface area contributed by atoms with Crippen LogP contribution in [0.1, 0.15) is 24.9 Å². The monoisotopic (exact) mass is 344 g/mol. The van der Waals surface area contributed by atoms with Gasteiger partial charge in [0.25, 0.3) is 0 Å². The highest BCUT2D eigenvalue weighted by molar-refractivity contribution is 9.10. The first-order valence-corrected chi connectivity index (χ1v) is 6.89. The van der Waals surface area contributed by atoms with E-state index in [9.17, 15) is 9.59 Å². The number of rotatable bonds is 6. The molecule has 0 fully saturated rings. The van der Waals surface area contributed by atoms with Crippen molar-refractivity contribution < 1.29 is 19.8 Å². The third-order valence-corrected chi connectivity index (χ3v) is 3.27. The molecule has 110 valence electrons. The molecule has 2 atom stereocenters. The first kappa shape index (κ1) is 16.5. The van der Waals surface area contributed by atoms with Crippen molar-refractivity contribution in [2.75, 3.05) is 6.61 Å². The van der Waals surface area contributed by atoms with Crippen molar-refractivity contribution in [2.24, 2.45) is 0 Å². The minimum absolute atomic E-state index is 0.0323. The van der Waals surface area contributed by atoms with E-state index in [0.717, 1.165) is 10.0 Å². The second kappa shape index (κ2) is 7.86. The second-order valence-corrected chi connectivity index (χ2v) is 5.21. The molecule has 4 N–H and O–H groups in total. The summed E-state index contributed by atoms with van der Waals surface area (Å²) in [4.78, 5) is 22.6. The van der Waals surface area contributed by atoms with Gasteiger partial charge in [-0.2, -0.15) is 0 Å². The van der Waals surface area contributed by atoms with E-state index in [-0.39, 0.29) is 19.1 Å². The molecule has 1 aromatic rings. The summed E-state index contributed by atoms with van der Waals surface area (Å²) in [5.41, 5.74) is 0.900. The molecular weight excluding hydrogens is 328 g/mol. The molecule has 0 aliphatic carbocycles. The number of carbonyl (C=O) groups excluding carboxylic acids is 1. The van der Waals surface area contributed by atoms with E-state index in [1.807, 2.05) is 24.3 Å². The summed E-state index contributed by atoms with van der Waals surface area (Å²) < 4.78 is 0.937. The van der Waals surface area contributed by atoms with Gasteiger partial charge in [0.15, 0.2) is 0 Å². The van der Waals surface area contributed by atoms with Crippen LogP contribution in [0.5, 0.6) is 0 Å². The maximum atomic E-state index is 11.7. The van der Waals surface area contributed by atoms with Crippen molar-refractivity contribution in [3.05, 3.63) is 34.3 Å². The molecule has 1 aromatic carbocycles. The standard InChI is InChI=1S/C13H17BrN2O4/c1-8(9-2-4-10(14)5-3-9)15-13(20)16-11(6-7-17)12(18)19/h2-5,8,11,17H,6-7H2,1H3,(H,18,19)(H2,15,16,20)/t8?,11-/m1/s1. The Balaban J connectivity index is 2.56. The fourth-order valence-corrected chi connectivity index (χ4v) is 1.88. The number of benzene rings is 1. The van der Waals surface area contributed by atoms with Crippen molar-refractivity contribution in [3.63, 3.8) is 0 Å². The lowest BCUT2D eigenvalue weighted by atomic mass is 10.1. The number of hydrogen-bond acceptors (Lipinski definition) is 3. The number of carbonyl (C=O) groups is 2. The molecule has 0 heterocycles. The van der Waals surface area contributed by atoms with Crippen LogP contribution in [0.25, 0.3) is 0 Å². The van der Waals surface area contributed by atoms with Crippen LogP contribution in [-0.4, -0.2) is 34.9 Å². The molecular formula is C13H17BrN2O4. The highest BCUT2D eigenvalue weighted by atomic mass is 79.9. The van der Waals surface area contributed by atoms with Crippen LogP contribution in [0.3, 0.4) is 0 Å². The number of hydrogen-bond donors (Lipinski definition) is 4. The number of carboxylic acids is 1. The molecule has 0 saturated heterocycles. The molecule has 0 radical (unpaired) electrons. The number of carboxylic acid groups (broad SMARTS) is 1. The van der Waals surface area contributed by atoms with Crippen molar-refractivity contribution in [3.8, 4) is 0 Å². The molecule has 0 aliphatic heterocycles. The van der Waals surface area contributed by atoms with Crippen LogP contribution in [0.2, 0.25) is 0 Å². The number of amides is 2. The fourth-order valence-electron chi connectivity index (χ4n) is 1.62. The number of aliphatic carboxylic acids is 1. The number of urea groups is 1. The lowest BCUT2D eigenvalue weighted by Gasteiger charge is -2.18. The highest BCUT2D eigenvalue weighted by Crippen LogP contribution is 2.16. The topological polar surface area (TPSA) is 98.7 Å².